The number of benzene rings is 1. The minimum atomic E-state index is 0.442. The molecule has 2 nitrogen and oxygen atoms in total. The van der Waals surface area contributed by atoms with Gasteiger partial charge in [-0.3, -0.25) is 0 Å². The Morgan fingerprint density at radius 2 is 2.20 bits per heavy atom. The van der Waals surface area contributed by atoms with Crippen molar-refractivity contribution in [3.8, 4) is 0 Å². The Kier molecular flexibility index (Phi) is 4.11. The van der Waals surface area contributed by atoms with Gasteiger partial charge in [-0.25, -0.2) is 4.98 Å². The number of oxazole rings is 1. The summed E-state index contributed by atoms with van der Waals surface area (Å²) < 4.78 is 5.58. The number of nitrogens with zero attached hydrogens (tertiary/aromatic N) is 1. The SMILES string of the molecule is BrCC(Br)CSc1nc2ccccc2o1. The Hall–Kier alpha value is 0.000000000000000167. The van der Waals surface area contributed by atoms with E-state index in [4.69, 9.17) is 4.42 Å². The van der Waals surface area contributed by atoms with Crippen molar-refractivity contribution in [3.63, 3.8) is 0 Å². The lowest BCUT2D eigenvalue weighted by Gasteiger charge is -2.00. The molecule has 0 aliphatic carbocycles. The van der Waals surface area contributed by atoms with Gasteiger partial charge in [0, 0.05) is 15.9 Å². The molecule has 0 saturated carbocycles. The maximum absolute atomic E-state index is 5.58. The van der Waals surface area contributed by atoms with Crippen molar-refractivity contribution in [2.24, 2.45) is 0 Å². The number of hydrogen-bond acceptors (Lipinski definition) is 3. The number of halogens is 2. The zero-order chi connectivity index (χ0) is 10.7. The third-order valence-electron chi connectivity index (χ3n) is 1.83. The van der Waals surface area contributed by atoms with Crippen LogP contribution in [0.4, 0.5) is 0 Å². The van der Waals surface area contributed by atoms with Gasteiger partial charge in [-0.2, -0.15) is 0 Å². The van der Waals surface area contributed by atoms with Crippen molar-refractivity contribution < 1.29 is 4.42 Å². The van der Waals surface area contributed by atoms with E-state index in [0.29, 0.717) is 4.83 Å². The van der Waals surface area contributed by atoms with Gasteiger partial charge in [0.25, 0.3) is 5.22 Å². The molecular formula is C10H9Br2NOS. The van der Waals surface area contributed by atoms with Crippen molar-refractivity contribution >= 4 is 54.7 Å². The van der Waals surface area contributed by atoms with E-state index >= 15 is 0 Å². The number of rotatable bonds is 4. The first-order valence-electron chi connectivity index (χ1n) is 4.48. The summed E-state index contributed by atoms with van der Waals surface area (Å²) in [4.78, 5) is 4.82. The number of alkyl halides is 2. The third kappa shape index (κ3) is 2.98. The molecule has 0 spiro atoms. The van der Waals surface area contributed by atoms with E-state index in [1.807, 2.05) is 24.3 Å². The normalized spacial score (nSPS) is 13.2. The molecule has 0 aliphatic rings. The standard InChI is InChI=1S/C10H9Br2NOS/c11-5-7(12)6-15-10-13-8-3-1-2-4-9(8)14-10/h1-4,7H,5-6H2. The molecule has 0 radical (unpaired) electrons. The zero-order valence-electron chi connectivity index (χ0n) is 7.82. The monoisotopic (exact) mass is 349 g/mol. The number of thioether (sulfide) groups is 1. The fraction of sp³-hybridized carbons (Fsp3) is 0.300. The van der Waals surface area contributed by atoms with Crippen molar-refractivity contribution in [3.05, 3.63) is 24.3 Å². The fourth-order valence-electron chi connectivity index (χ4n) is 1.12. The van der Waals surface area contributed by atoms with E-state index in [1.54, 1.807) is 11.8 Å². The van der Waals surface area contributed by atoms with Gasteiger partial charge in [0.1, 0.15) is 5.52 Å². The van der Waals surface area contributed by atoms with Gasteiger partial charge in [-0.1, -0.05) is 55.8 Å². The predicted octanol–water partition coefficient (Wildman–Crippen LogP) is 4.08. The number of hydrogen-bond donors (Lipinski definition) is 0. The highest BCUT2D eigenvalue weighted by Gasteiger charge is 2.08. The minimum absolute atomic E-state index is 0.442. The van der Waals surface area contributed by atoms with Crippen LogP contribution in [0.1, 0.15) is 0 Å². The van der Waals surface area contributed by atoms with Gasteiger partial charge in [-0.05, 0) is 12.1 Å². The first-order valence-corrected chi connectivity index (χ1v) is 7.50. The van der Waals surface area contributed by atoms with Crippen LogP contribution in [0.5, 0.6) is 0 Å². The van der Waals surface area contributed by atoms with Gasteiger partial charge >= 0.3 is 0 Å². The molecule has 0 aliphatic heterocycles. The number of fused-ring (bicyclic) bond motifs is 1. The van der Waals surface area contributed by atoms with Crippen molar-refractivity contribution in [2.75, 3.05) is 11.1 Å². The van der Waals surface area contributed by atoms with Crippen molar-refractivity contribution in [1.82, 2.24) is 4.98 Å². The molecule has 2 rings (SSSR count). The lowest BCUT2D eigenvalue weighted by molar-refractivity contribution is 0.489. The highest BCUT2D eigenvalue weighted by atomic mass is 79.9. The van der Waals surface area contributed by atoms with Gasteiger partial charge in [-0.15, -0.1) is 0 Å². The fourth-order valence-corrected chi connectivity index (χ4v) is 2.80. The summed E-state index contributed by atoms with van der Waals surface area (Å²) in [6.45, 7) is 0. The molecule has 80 valence electrons. The molecule has 0 N–H and O–H groups in total. The Balaban J connectivity index is 2.09. The second kappa shape index (κ2) is 5.37. The average molecular weight is 351 g/mol. The zero-order valence-corrected chi connectivity index (χ0v) is 11.8. The summed E-state index contributed by atoms with van der Waals surface area (Å²) in [5.74, 6) is 0.943. The Morgan fingerprint density at radius 1 is 1.40 bits per heavy atom. The van der Waals surface area contributed by atoms with Gasteiger partial charge < -0.3 is 4.42 Å². The Bertz CT molecular complexity index is 413. The van der Waals surface area contributed by atoms with Crippen LogP contribution in [0.2, 0.25) is 0 Å². The van der Waals surface area contributed by atoms with Gasteiger partial charge in [0.05, 0.1) is 0 Å². The molecule has 2 aromatic rings. The Morgan fingerprint density at radius 3 is 2.93 bits per heavy atom. The molecule has 0 bridgehead atoms. The molecule has 0 fully saturated rings. The first-order chi connectivity index (χ1) is 7.29. The summed E-state index contributed by atoms with van der Waals surface area (Å²) >= 11 is 8.58. The molecule has 15 heavy (non-hydrogen) atoms. The van der Waals surface area contributed by atoms with E-state index in [0.717, 1.165) is 27.4 Å². The first kappa shape index (κ1) is 11.5. The summed E-state index contributed by atoms with van der Waals surface area (Å²) in [5.41, 5.74) is 1.77. The van der Waals surface area contributed by atoms with Crippen LogP contribution in [0.15, 0.2) is 33.9 Å². The van der Waals surface area contributed by atoms with E-state index in [9.17, 15) is 0 Å². The highest BCUT2D eigenvalue weighted by Crippen LogP contribution is 2.25. The molecule has 5 heteroatoms. The molecule has 1 atom stereocenters. The van der Waals surface area contributed by atoms with Crippen molar-refractivity contribution in [2.45, 2.75) is 10.0 Å². The molecular weight excluding hydrogens is 342 g/mol. The number of aromatic nitrogens is 1. The van der Waals surface area contributed by atoms with Crippen LogP contribution in [0, 0.1) is 0 Å². The topological polar surface area (TPSA) is 26.0 Å². The number of para-hydroxylation sites is 2. The second-order valence-corrected chi connectivity index (χ2v) is 5.92. The lowest BCUT2D eigenvalue weighted by atomic mass is 10.3. The Labute approximate surface area is 109 Å². The quantitative estimate of drug-likeness (QED) is 0.613. The maximum Gasteiger partial charge on any atom is 0.256 e. The third-order valence-corrected chi connectivity index (χ3v) is 5.55. The highest BCUT2D eigenvalue weighted by molar-refractivity contribution is 9.12. The lowest BCUT2D eigenvalue weighted by Crippen LogP contribution is -2.01. The summed E-state index contributed by atoms with van der Waals surface area (Å²) in [7, 11) is 0. The van der Waals surface area contributed by atoms with Crippen LogP contribution in [0.3, 0.4) is 0 Å². The summed E-state index contributed by atoms with van der Waals surface area (Å²) in [6, 6.07) is 7.81. The molecule has 0 amide bonds. The van der Waals surface area contributed by atoms with E-state index in [1.165, 1.54) is 0 Å². The van der Waals surface area contributed by atoms with Crippen LogP contribution in [0.25, 0.3) is 11.1 Å². The molecule has 1 unspecified atom stereocenters. The van der Waals surface area contributed by atoms with E-state index in [2.05, 4.69) is 36.8 Å². The van der Waals surface area contributed by atoms with Crippen LogP contribution < -0.4 is 0 Å². The largest absolute Gasteiger partial charge is 0.431 e. The summed E-state index contributed by atoms with van der Waals surface area (Å²) in [5, 5.41) is 1.67. The molecule has 1 aromatic carbocycles. The predicted molar refractivity (Wildman–Crippen MR) is 71.2 cm³/mol. The smallest absolute Gasteiger partial charge is 0.256 e. The molecule has 0 saturated heterocycles. The van der Waals surface area contributed by atoms with E-state index < -0.39 is 0 Å². The van der Waals surface area contributed by atoms with Crippen LogP contribution in [-0.2, 0) is 0 Å². The minimum Gasteiger partial charge on any atom is -0.431 e. The summed E-state index contributed by atoms with van der Waals surface area (Å²) in [6.07, 6.45) is 0. The average Bonchev–Trinajstić information content (AvgIpc) is 2.68. The molecule has 1 heterocycles. The second-order valence-electron chi connectivity index (χ2n) is 3.01. The van der Waals surface area contributed by atoms with Crippen LogP contribution in [-0.4, -0.2) is 20.9 Å². The van der Waals surface area contributed by atoms with Crippen LogP contribution >= 0.6 is 43.6 Å². The molecule has 1 aromatic heterocycles. The maximum atomic E-state index is 5.58. The van der Waals surface area contributed by atoms with Crippen molar-refractivity contribution in [1.29, 1.82) is 0 Å². The van der Waals surface area contributed by atoms with E-state index in [-0.39, 0.29) is 0 Å². The van der Waals surface area contributed by atoms with Gasteiger partial charge in [0.2, 0.25) is 0 Å². The van der Waals surface area contributed by atoms with Gasteiger partial charge in [0.15, 0.2) is 5.58 Å².